The number of alkyl halides is 3. The van der Waals surface area contributed by atoms with Gasteiger partial charge in [0.2, 0.25) is 5.91 Å². The predicted octanol–water partition coefficient (Wildman–Crippen LogP) is 1.68. The molecule has 1 aliphatic rings. The van der Waals surface area contributed by atoms with Crippen molar-refractivity contribution < 1.29 is 45.1 Å². The first kappa shape index (κ1) is 25.8. The normalized spacial score (nSPS) is 20.2. The molecule has 0 aromatic heterocycles. The second-order valence-electron chi connectivity index (χ2n) is 6.74. The highest BCUT2D eigenvalue weighted by atomic mass is 32.2. The lowest BCUT2D eigenvalue weighted by atomic mass is 9.93. The lowest BCUT2D eigenvalue weighted by Gasteiger charge is -2.25. The maximum atomic E-state index is 14.0. The molecule has 30 heavy (non-hydrogen) atoms. The third-order valence-electron chi connectivity index (χ3n) is 4.29. The number of hydrogen-bond donors (Lipinski definition) is 2. The van der Waals surface area contributed by atoms with E-state index in [1.807, 2.05) is 0 Å². The Bertz CT molecular complexity index is 876. The number of nitrogens with zero attached hydrogens (tertiary/aromatic N) is 1. The van der Waals surface area contributed by atoms with Crippen LogP contribution in [0.15, 0.2) is 18.2 Å². The molecule has 0 bridgehead atoms. The summed E-state index contributed by atoms with van der Waals surface area (Å²) in [7, 11) is -3.24. The molecule has 13 heteroatoms. The van der Waals surface area contributed by atoms with Gasteiger partial charge in [0.05, 0.1) is 11.8 Å². The number of carboxylic acid groups (broad SMARTS) is 1. The van der Waals surface area contributed by atoms with Gasteiger partial charge in [-0.2, -0.15) is 13.2 Å². The number of sulfone groups is 1. The van der Waals surface area contributed by atoms with Gasteiger partial charge in [-0.15, -0.1) is 0 Å². The number of likely N-dealkylation sites (tertiary alicyclic amines) is 1. The fraction of sp³-hybridized carbons (Fsp3) is 0.529. The summed E-state index contributed by atoms with van der Waals surface area (Å²) < 4.78 is 81.8. The number of carbonyl (C=O) groups excluding carboxylic acids is 1. The standard InChI is InChI=1S/C15H20F2N2O3S.C2HF3O2/c1-23(21,22)8-7-19-9-10(5-6-13(18)15(19)20)11-3-2-4-12(16)14(11)17;3-2(4,5)1(6)7/h2-4,10,13H,5-9,18H2,1H3;(H,6,7)/t10-,13-;/m1./s1. The zero-order valence-corrected chi connectivity index (χ0v) is 16.6. The predicted molar refractivity (Wildman–Crippen MR) is 96.3 cm³/mol. The van der Waals surface area contributed by atoms with E-state index in [1.165, 1.54) is 17.0 Å². The fourth-order valence-corrected chi connectivity index (χ4v) is 3.31. The molecule has 0 unspecified atom stereocenters. The third kappa shape index (κ3) is 7.86. The van der Waals surface area contributed by atoms with Crippen LogP contribution in [-0.4, -0.2) is 67.6 Å². The van der Waals surface area contributed by atoms with Crippen LogP contribution in [0.1, 0.15) is 24.3 Å². The first-order chi connectivity index (χ1) is 13.6. The topological polar surface area (TPSA) is 118 Å². The van der Waals surface area contributed by atoms with Crippen LogP contribution < -0.4 is 5.73 Å². The number of carbonyl (C=O) groups is 2. The summed E-state index contributed by atoms with van der Waals surface area (Å²) in [6.07, 6.45) is -3.23. The minimum atomic E-state index is -5.08. The zero-order valence-electron chi connectivity index (χ0n) is 15.8. The maximum absolute atomic E-state index is 14.0. The van der Waals surface area contributed by atoms with Crippen LogP contribution in [-0.2, 0) is 19.4 Å². The Labute approximate surface area is 169 Å². The molecule has 3 N–H and O–H groups in total. The van der Waals surface area contributed by atoms with Crippen LogP contribution in [0, 0.1) is 11.6 Å². The van der Waals surface area contributed by atoms with Crippen molar-refractivity contribution in [3.63, 3.8) is 0 Å². The van der Waals surface area contributed by atoms with E-state index in [9.17, 15) is 35.2 Å². The largest absolute Gasteiger partial charge is 0.490 e. The number of nitrogens with two attached hydrogens (primary N) is 1. The Morgan fingerprint density at radius 3 is 2.33 bits per heavy atom. The molecule has 1 fully saturated rings. The van der Waals surface area contributed by atoms with E-state index in [2.05, 4.69) is 0 Å². The molecule has 1 amide bonds. The van der Waals surface area contributed by atoms with Gasteiger partial charge in [0, 0.05) is 25.3 Å². The quantitative estimate of drug-likeness (QED) is 0.661. The van der Waals surface area contributed by atoms with Crippen LogP contribution in [0.4, 0.5) is 22.0 Å². The SMILES string of the molecule is CS(=O)(=O)CCN1C[C@H](c2cccc(F)c2F)CC[C@@H](N)C1=O.O=C(O)C(F)(F)F. The molecule has 0 saturated carbocycles. The zero-order chi connectivity index (χ0) is 23.3. The van der Waals surface area contributed by atoms with Crippen LogP contribution in [0.3, 0.4) is 0 Å². The van der Waals surface area contributed by atoms with Gasteiger partial charge in [-0.25, -0.2) is 22.0 Å². The number of carboxylic acids is 1. The Hall–Kier alpha value is -2.28. The van der Waals surface area contributed by atoms with Crippen molar-refractivity contribution in [2.24, 2.45) is 5.73 Å². The monoisotopic (exact) mass is 460 g/mol. The summed E-state index contributed by atoms with van der Waals surface area (Å²) in [5.74, 6) is -5.58. The minimum Gasteiger partial charge on any atom is -0.475 e. The average Bonchev–Trinajstić information content (AvgIpc) is 2.75. The number of rotatable bonds is 4. The van der Waals surface area contributed by atoms with Crippen molar-refractivity contribution in [2.45, 2.75) is 31.0 Å². The first-order valence-electron chi connectivity index (χ1n) is 8.59. The molecule has 0 aliphatic carbocycles. The number of amides is 1. The molecule has 170 valence electrons. The van der Waals surface area contributed by atoms with E-state index >= 15 is 0 Å². The molecule has 1 saturated heterocycles. The highest BCUT2D eigenvalue weighted by Gasteiger charge is 2.38. The molecular formula is C17H21F5N2O5S. The second-order valence-corrected chi connectivity index (χ2v) is 9.00. The molecule has 1 heterocycles. The van der Waals surface area contributed by atoms with Crippen molar-refractivity contribution in [3.8, 4) is 0 Å². The summed E-state index contributed by atoms with van der Waals surface area (Å²) in [5.41, 5.74) is 6.00. The highest BCUT2D eigenvalue weighted by Crippen LogP contribution is 2.29. The van der Waals surface area contributed by atoms with Crippen molar-refractivity contribution in [2.75, 3.05) is 25.1 Å². The van der Waals surface area contributed by atoms with Crippen molar-refractivity contribution in [3.05, 3.63) is 35.4 Å². The third-order valence-corrected chi connectivity index (χ3v) is 5.22. The van der Waals surface area contributed by atoms with Crippen LogP contribution in [0.5, 0.6) is 0 Å². The maximum Gasteiger partial charge on any atom is 0.490 e. The lowest BCUT2D eigenvalue weighted by molar-refractivity contribution is -0.192. The van der Waals surface area contributed by atoms with Gasteiger partial charge in [-0.3, -0.25) is 4.79 Å². The minimum absolute atomic E-state index is 0.00119. The van der Waals surface area contributed by atoms with E-state index in [0.29, 0.717) is 12.8 Å². The van der Waals surface area contributed by atoms with E-state index in [0.717, 1.165) is 12.3 Å². The summed E-state index contributed by atoms with van der Waals surface area (Å²) in [5, 5.41) is 7.12. The molecule has 2 rings (SSSR count). The Morgan fingerprint density at radius 1 is 1.27 bits per heavy atom. The smallest absolute Gasteiger partial charge is 0.475 e. The van der Waals surface area contributed by atoms with Crippen LogP contribution >= 0.6 is 0 Å². The van der Waals surface area contributed by atoms with Gasteiger partial charge < -0.3 is 15.7 Å². The number of hydrogen-bond acceptors (Lipinski definition) is 5. The Balaban J connectivity index is 0.000000553. The number of aliphatic carboxylic acids is 1. The van der Waals surface area contributed by atoms with Crippen molar-refractivity contribution in [1.29, 1.82) is 0 Å². The molecule has 1 aromatic carbocycles. The Morgan fingerprint density at radius 2 is 1.83 bits per heavy atom. The van der Waals surface area contributed by atoms with Crippen molar-refractivity contribution in [1.82, 2.24) is 4.90 Å². The Kier molecular flexibility index (Phi) is 8.72. The lowest BCUT2D eigenvalue weighted by Crippen LogP contribution is -2.44. The van der Waals surface area contributed by atoms with Crippen LogP contribution in [0.25, 0.3) is 0 Å². The van der Waals surface area contributed by atoms with Gasteiger partial charge in [0.1, 0.15) is 9.84 Å². The molecule has 7 nitrogen and oxygen atoms in total. The fourth-order valence-electron chi connectivity index (χ4n) is 2.75. The van der Waals surface area contributed by atoms with Gasteiger partial charge in [0.25, 0.3) is 0 Å². The van der Waals surface area contributed by atoms with Crippen molar-refractivity contribution >= 4 is 21.7 Å². The summed E-state index contributed by atoms with van der Waals surface area (Å²) in [4.78, 5) is 22.5. The summed E-state index contributed by atoms with van der Waals surface area (Å²) in [6.45, 7) is 0.126. The second kappa shape index (κ2) is 10.2. The molecule has 0 radical (unpaired) electrons. The summed E-state index contributed by atoms with van der Waals surface area (Å²) in [6, 6.07) is 3.19. The highest BCUT2D eigenvalue weighted by molar-refractivity contribution is 7.90. The van der Waals surface area contributed by atoms with Gasteiger partial charge in [0.15, 0.2) is 11.6 Å². The molecular weight excluding hydrogens is 439 g/mol. The number of benzene rings is 1. The van der Waals surface area contributed by atoms with Gasteiger partial charge in [-0.05, 0) is 24.5 Å². The number of halogens is 5. The van der Waals surface area contributed by atoms with Gasteiger partial charge >= 0.3 is 12.1 Å². The first-order valence-corrected chi connectivity index (χ1v) is 10.7. The molecule has 2 atom stereocenters. The summed E-state index contributed by atoms with van der Waals surface area (Å²) >= 11 is 0. The molecule has 1 aliphatic heterocycles. The van der Waals surface area contributed by atoms with E-state index < -0.39 is 45.6 Å². The van der Waals surface area contributed by atoms with Gasteiger partial charge in [-0.1, -0.05) is 12.1 Å². The van der Waals surface area contributed by atoms with E-state index in [4.69, 9.17) is 15.6 Å². The van der Waals surface area contributed by atoms with E-state index in [-0.39, 0.29) is 30.3 Å². The molecule has 0 spiro atoms. The average molecular weight is 460 g/mol. The van der Waals surface area contributed by atoms with Crippen LogP contribution in [0.2, 0.25) is 0 Å². The molecule has 1 aromatic rings. The van der Waals surface area contributed by atoms with E-state index in [1.54, 1.807) is 0 Å².